The molecule has 3 rings (SSSR count). The summed E-state index contributed by atoms with van der Waals surface area (Å²) in [5.41, 5.74) is 0.601. The fourth-order valence-corrected chi connectivity index (χ4v) is 2.79. The summed E-state index contributed by atoms with van der Waals surface area (Å²) in [4.78, 5) is 29.8. The minimum Gasteiger partial charge on any atom is -0.504 e. The second-order valence-electron chi connectivity index (χ2n) is 5.68. The van der Waals surface area contributed by atoms with E-state index >= 15 is 0 Å². The van der Waals surface area contributed by atoms with Crippen LogP contribution in [0.5, 0.6) is 5.75 Å². The highest BCUT2D eigenvalue weighted by Crippen LogP contribution is 2.17. The monoisotopic (exact) mass is 332 g/mol. The van der Waals surface area contributed by atoms with Crippen LogP contribution in [0.1, 0.15) is 30.3 Å². The van der Waals surface area contributed by atoms with E-state index in [0.717, 1.165) is 0 Å². The van der Waals surface area contributed by atoms with Crippen LogP contribution in [0.4, 0.5) is 4.79 Å². The summed E-state index contributed by atoms with van der Waals surface area (Å²) in [5, 5.41) is 12.7. The van der Waals surface area contributed by atoms with Crippen LogP contribution in [-0.4, -0.2) is 57.1 Å². The lowest BCUT2D eigenvalue weighted by molar-refractivity contribution is 0.0857. The number of carbonyl (C=O) groups is 2. The van der Waals surface area contributed by atoms with E-state index in [1.807, 2.05) is 0 Å². The summed E-state index contributed by atoms with van der Waals surface area (Å²) in [6, 6.07) is 3.19. The fourth-order valence-electron chi connectivity index (χ4n) is 2.79. The van der Waals surface area contributed by atoms with Gasteiger partial charge in [0.1, 0.15) is 5.69 Å². The Kier molecular flexibility index (Phi) is 4.54. The number of amides is 2. The molecule has 2 aromatic heterocycles. The Morgan fingerprint density at radius 1 is 1.42 bits per heavy atom. The highest BCUT2D eigenvalue weighted by molar-refractivity contribution is 5.93. The van der Waals surface area contributed by atoms with E-state index in [4.69, 9.17) is 4.74 Å². The maximum atomic E-state index is 12.3. The molecule has 1 aliphatic heterocycles. The van der Waals surface area contributed by atoms with E-state index in [2.05, 4.69) is 10.3 Å². The quantitative estimate of drug-likeness (QED) is 0.885. The van der Waals surface area contributed by atoms with Crippen molar-refractivity contribution in [3.8, 4) is 5.75 Å². The first-order valence-corrected chi connectivity index (χ1v) is 7.97. The van der Waals surface area contributed by atoms with Gasteiger partial charge in [0, 0.05) is 31.5 Å². The average Bonchev–Trinajstić information content (AvgIpc) is 3.01. The van der Waals surface area contributed by atoms with Crippen LogP contribution in [0.15, 0.2) is 24.5 Å². The van der Waals surface area contributed by atoms with Crippen LogP contribution in [0, 0.1) is 0 Å². The van der Waals surface area contributed by atoms with Gasteiger partial charge in [-0.15, -0.1) is 0 Å². The van der Waals surface area contributed by atoms with Gasteiger partial charge in [0.25, 0.3) is 5.91 Å². The Hall–Kier alpha value is -2.77. The van der Waals surface area contributed by atoms with Gasteiger partial charge in [0.2, 0.25) is 0 Å². The Labute approximate surface area is 139 Å². The molecule has 0 radical (unpaired) electrons. The molecule has 3 heterocycles. The van der Waals surface area contributed by atoms with Gasteiger partial charge >= 0.3 is 6.09 Å². The standard InChI is InChI=1S/C16H20N4O4/c1-2-24-16(23)19-8-5-11(6-9-19)17-15(22)12-10-20-7-3-4-13(21)14(20)18-12/h3-4,7,10-11,21H,2,5-6,8-9H2,1H3,(H,17,22). The molecule has 0 aromatic carbocycles. The van der Waals surface area contributed by atoms with E-state index in [1.54, 1.807) is 34.7 Å². The van der Waals surface area contributed by atoms with E-state index < -0.39 is 0 Å². The van der Waals surface area contributed by atoms with Crippen molar-refractivity contribution < 1.29 is 19.4 Å². The summed E-state index contributed by atoms with van der Waals surface area (Å²) in [6.45, 7) is 3.24. The molecule has 8 heteroatoms. The fraction of sp³-hybridized carbons (Fsp3) is 0.438. The minimum absolute atomic E-state index is 0.0124. The molecule has 0 atom stereocenters. The SMILES string of the molecule is CCOC(=O)N1CCC(NC(=O)c2cn3cccc(O)c3n2)CC1. The number of imidazole rings is 1. The Morgan fingerprint density at radius 3 is 2.83 bits per heavy atom. The van der Waals surface area contributed by atoms with Crippen LogP contribution in [-0.2, 0) is 4.74 Å². The maximum Gasteiger partial charge on any atom is 0.409 e. The van der Waals surface area contributed by atoms with Gasteiger partial charge < -0.3 is 24.5 Å². The van der Waals surface area contributed by atoms with Crippen molar-refractivity contribution >= 4 is 17.6 Å². The first kappa shape index (κ1) is 16.1. The number of pyridine rings is 1. The Morgan fingerprint density at radius 2 is 2.17 bits per heavy atom. The number of hydrogen-bond donors (Lipinski definition) is 2. The summed E-state index contributed by atoms with van der Waals surface area (Å²) >= 11 is 0. The first-order valence-electron chi connectivity index (χ1n) is 7.97. The van der Waals surface area contributed by atoms with Gasteiger partial charge in [-0.05, 0) is 31.9 Å². The lowest BCUT2D eigenvalue weighted by Crippen LogP contribution is -2.46. The zero-order valence-electron chi connectivity index (χ0n) is 13.4. The number of rotatable bonds is 3. The maximum absolute atomic E-state index is 12.3. The van der Waals surface area contributed by atoms with Gasteiger partial charge in [0.05, 0.1) is 6.61 Å². The largest absolute Gasteiger partial charge is 0.504 e. The van der Waals surface area contributed by atoms with Crippen LogP contribution >= 0.6 is 0 Å². The summed E-state index contributed by atoms with van der Waals surface area (Å²) in [5.74, 6) is -0.257. The topological polar surface area (TPSA) is 96.2 Å². The predicted molar refractivity (Wildman–Crippen MR) is 85.9 cm³/mol. The van der Waals surface area contributed by atoms with Crippen molar-refractivity contribution in [3.05, 3.63) is 30.2 Å². The van der Waals surface area contributed by atoms with Crippen molar-refractivity contribution in [1.82, 2.24) is 19.6 Å². The van der Waals surface area contributed by atoms with Crippen LogP contribution in [0.3, 0.4) is 0 Å². The molecular weight excluding hydrogens is 312 g/mol. The third-order valence-electron chi connectivity index (χ3n) is 4.05. The van der Waals surface area contributed by atoms with Crippen molar-refractivity contribution in [1.29, 1.82) is 0 Å². The molecule has 1 saturated heterocycles. The number of carbonyl (C=O) groups excluding carboxylic acids is 2. The Bertz CT molecular complexity index is 750. The molecule has 0 unspecified atom stereocenters. The minimum atomic E-state index is -0.307. The molecule has 2 amide bonds. The molecule has 1 aliphatic rings. The van der Waals surface area contributed by atoms with Gasteiger partial charge in [0.15, 0.2) is 11.4 Å². The number of likely N-dealkylation sites (tertiary alicyclic amines) is 1. The van der Waals surface area contributed by atoms with E-state index in [-0.39, 0.29) is 29.5 Å². The number of hydrogen-bond acceptors (Lipinski definition) is 5. The molecule has 0 bridgehead atoms. The molecule has 128 valence electrons. The van der Waals surface area contributed by atoms with Crippen molar-refractivity contribution in [2.24, 2.45) is 0 Å². The van der Waals surface area contributed by atoms with Gasteiger partial charge in [-0.25, -0.2) is 9.78 Å². The number of fused-ring (bicyclic) bond motifs is 1. The second-order valence-corrected chi connectivity index (χ2v) is 5.68. The molecule has 1 fully saturated rings. The number of aromatic hydroxyl groups is 1. The number of piperidine rings is 1. The number of ether oxygens (including phenoxy) is 1. The molecule has 24 heavy (non-hydrogen) atoms. The molecule has 0 saturated carbocycles. The zero-order valence-corrected chi connectivity index (χ0v) is 13.4. The number of nitrogens with one attached hydrogen (secondary N) is 1. The average molecular weight is 332 g/mol. The lowest BCUT2D eigenvalue weighted by atomic mass is 10.1. The Balaban J connectivity index is 1.59. The third kappa shape index (κ3) is 3.27. The van der Waals surface area contributed by atoms with Crippen LogP contribution in [0.25, 0.3) is 5.65 Å². The molecule has 8 nitrogen and oxygen atoms in total. The number of nitrogens with zero attached hydrogens (tertiary/aromatic N) is 3. The third-order valence-corrected chi connectivity index (χ3v) is 4.05. The van der Waals surface area contributed by atoms with E-state index in [1.165, 1.54) is 6.07 Å². The first-order chi connectivity index (χ1) is 11.6. The highest BCUT2D eigenvalue weighted by Gasteiger charge is 2.25. The van der Waals surface area contributed by atoms with Gasteiger partial charge in [-0.3, -0.25) is 4.79 Å². The lowest BCUT2D eigenvalue weighted by Gasteiger charge is -2.31. The van der Waals surface area contributed by atoms with Crippen molar-refractivity contribution in [2.45, 2.75) is 25.8 Å². The molecular formula is C16H20N4O4. The second kappa shape index (κ2) is 6.77. The molecule has 2 aromatic rings. The van der Waals surface area contributed by atoms with Gasteiger partial charge in [-0.1, -0.05) is 0 Å². The van der Waals surface area contributed by atoms with E-state index in [0.29, 0.717) is 38.2 Å². The normalized spacial score (nSPS) is 15.5. The van der Waals surface area contributed by atoms with Crippen LogP contribution in [0.2, 0.25) is 0 Å². The summed E-state index contributed by atoms with van der Waals surface area (Å²) < 4.78 is 6.58. The van der Waals surface area contributed by atoms with Crippen molar-refractivity contribution in [3.63, 3.8) is 0 Å². The van der Waals surface area contributed by atoms with Crippen LogP contribution < -0.4 is 5.32 Å². The molecule has 0 spiro atoms. The summed E-state index contributed by atoms with van der Waals surface area (Å²) in [6.07, 6.45) is 4.33. The molecule has 2 N–H and O–H groups in total. The smallest absolute Gasteiger partial charge is 0.409 e. The van der Waals surface area contributed by atoms with Crippen molar-refractivity contribution in [2.75, 3.05) is 19.7 Å². The van der Waals surface area contributed by atoms with E-state index in [9.17, 15) is 14.7 Å². The zero-order chi connectivity index (χ0) is 17.1. The molecule has 0 aliphatic carbocycles. The highest BCUT2D eigenvalue weighted by atomic mass is 16.6. The predicted octanol–water partition coefficient (Wildman–Crippen LogP) is 1.39. The number of aromatic nitrogens is 2. The summed E-state index contributed by atoms with van der Waals surface area (Å²) in [7, 11) is 0. The van der Waals surface area contributed by atoms with Gasteiger partial charge in [-0.2, -0.15) is 0 Å².